The van der Waals surface area contributed by atoms with Crippen LogP contribution in [0.2, 0.25) is 0 Å². The number of aliphatic hydroxyl groups is 1. The van der Waals surface area contributed by atoms with E-state index in [-0.39, 0.29) is 12.2 Å². The zero-order valence-corrected chi connectivity index (χ0v) is 22.8. The Morgan fingerprint density at radius 2 is 1.24 bits per heavy atom. The van der Waals surface area contributed by atoms with E-state index < -0.39 is 13.4 Å². The van der Waals surface area contributed by atoms with Crippen LogP contribution in [0.4, 0.5) is 0 Å². The molecule has 0 aromatic heterocycles. The van der Waals surface area contributed by atoms with Crippen molar-refractivity contribution in [2.75, 3.05) is 0 Å². The third kappa shape index (κ3) is 6.72. The molecule has 1 aromatic carbocycles. The van der Waals surface area contributed by atoms with Gasteiger partial charge in [-0.15, -0.1) is 0 Å². The molecule has 0 spiro atoms. The Bertz CT molecular complexity index is 752. The summed E-state index contributed by atoms with van der Waals surface area (Å²) >= 11 is 0. The SMILES string of the molecule is Cc1ccc([C@H](O)P(=O)(O[C@H]2C[C@H](C)CC[C@@H]2C(C)C)O[C@@H]2C[C@H](C)CC[C@@H]2C(C)C)cc1. The van der Waals surface area contributed by atoms with Gasteiger partial charge in [0.25, 0.3) is 0 Å². The summed E-state index contributed by atoms with van der Waals surface area (Å²) in [7, 11) is -3.84. The van der Waals surface area contributed by atoms with Crippen molar-refractivity contribution < 1.29 is 18.7 Å². The van der Waals surface area contributed by atoms with Crippen molar-refractivity contribution in [1.82, 2.24) is 0 Å². The first-order chi connectivity index (χ1) is 15.5. The molecule has 2 fully saturated rings. The first-order valence-corrected chi connectivity index (χ1v) is 14.8. The van der Waals surface area contributed by atoms with Crippen LogP contribution in [0, 0.1) is 42.4 Å². The monoisotopic (exact) mass is 478 g/mol. The van der Waals surface area contributed by atoms with Crippen molar-refractivity contribution in [3.8, 4) is 0 Å². The van der Waals surface area contributed by atoms with Crippen LogP contribution in [0.15, 0.2) is 24.3 Å². The van der Waals surface area contributed by atoms with E-state index in [1.54, 1.807) is 0 Å². The summed E-state index contributed by atoms with van der Waals surface area (Å²) in [4.78, 5) is 0. The lowest BCUT2D eigenvalue weighted by Gasteiger charge is -2.42. The molecule has 3 rings (SSSR count). The summed E-state index contributed by atoms with van der Waals surface area (Å²) in [5, 5.41) is 11.5. The van der Waals surface area contributed by atoms with Crippen molar-refractivity contribution in [1.29, 1.82) is 0 Å². The number of benzene rings is 1. The quantitative estimate of drug-likeness (QED) is 0.383. The second kappa shape index (κ2) is 11.4. The van der Waals surface area contributed by atoms with Gasteiger partial charge in [-0.3, -0.25) is 4.57 Å². The van der Waals surface area contributed by atoms with Crippen LogP contribution in [0.1, 0.15) is 97.0 Å². The number of aryl methyl sites for hydroxylation is 1. The van der Waals surface area contributed by atoms with Gasteiger partial charge in [0.15, 0.2) is 5.85 Å². The van der Waals surface area contributed by atoms with Gasteiger partial charge in [-0.05, 0) is 73.7 Å². The fourth-order valence-corrected chi connectivity index (χ4v) is 7.97. The molecule has 8 atom stereocenters. The molecule has 1 unspecified atom stereocenters. The molecular formula is C28H47O4P. The first kappa shape index (κ1) is 26.9. The highest BCUT2D eigenvalue weighted by Gasteiger charge is 2.46. The van der Waals surface area contributed by atoms with Crippen LogP contribution in [0.3, 0.4) is 0 Å². The molecular weight excluding hydrogens is 431 g/mol. The fourth-order valence-electron chi connectivity index (χ4n) is 5.91. The highest BCUT2D eigenvalue weighted by Crippen LogP contribution is 2.64. The zero-order chi connectivity index (χ0) is 24.3. The van der Waals surface area contributed by atoms with Gasteiger partial charge in [0, 0.05) is 0 Å². The van der Waals surface area contributed by atoms with Gasteiger partial charge < -0.3 is 14.2 Å². The van der Waals surface area contributed by atoms with E-state index >= 15 is 0 Å². The topological polar surface area (TPSA) is 55.8 Å². The van der Waals surface area contributed by atoms with E-state index in [1.165, 1.54) is 12.8 Å². The first-order valence-electron chi connectivity index (χ1n) is 13.2. The van der Waals surface area contributed by atoms with Crippen molar-refractivity contribution >= 4 is 7.60 Å². The Morgan fingerprint density at radius 1 is 0.818 bits per heavy atom. The van der Waals surface area contributed by atoms with E-state index in [9.17, 15) is 9.67 Å². The number of hydrogen-bond acceptors (Lipinski definition) is 4. The van der Waals surface area contributed by atoms with E-state index in [4.69, 9.17) is 9.05 Å². The molecule has 2 saturated carbocycles. The minimum atomic E-state index is -3.84. The molecule has 1 aromatic rings. The van der Waals surface area contributed by atoms with Gasteiger partial charge in [-0.2, -0.15) is 0 Å². The normalized spacial score (nSPS) is 33.8. The van der Waals surface area contributed by atoms with Crippen molar-refractivity contribution in [3.05, 3.63) is 35.4 Å². The fraction of sp³-hybridized carbons (Fsp3) is 0.786. The predicted octanol–water partition coefficient (Wildman–Crippen LogP) is 8.13. The van der Waals surface area contributed by atoms with Crippen LogP contribution in [0.25, 0.3) is 0 Å². The molecule has 188 valence electrons. The lowest BCUT2D eigenvalue weighted by Crippen LogP contribution is -2.37. The third-order valence-corrected chi connectivity index (χ3v) is 10.2. The van der Waals surface area contributed by atoms with Crippen LogP contribution in [0.5, 0.6) is 0 Å². The lowest BCUT2D eigenvalue weighted by atomic mass is 9.75. The second-order valence-corrected chi connectivity index (χ2v) is 13.8. The van der Waals surface area contributed by atoms with Gasteiger partial charge in [0.1, 0.15) is 0 Å². The zero-order valence-electron chi connectivity index (χ0n) is 21.9. The Hall–Kier alpha value is -0.670. The Kier molecular flexibility index (Phi) is 9.28. The van der Waals surface area contributed by atoms with Gasteiger partial charge >= 0.3 is 7.60 Å². The average molecular weight is 479 g/mol. The third-order valence-electron chi connectivity index (χ3n) is 8.16. The van der Waals surface area contributed by atoms with Crippen LogP contribution >= 0.6 is 7.60 Å². The van der Waals surface area contributed by atoms with Gasteiger partial charge in [0.2, 0.25) is 0 Å². The Labute approximate surface area is 202 Å². The van der Waals surface area contributed by atoms with Crippen molar-refractivity contribution in [2.45, 2.75) is 105 Å². The molecule has 0 aliphatic heterocycles. The van der Waals surface area contributed by atoms with E-state index in [1.807, 2.05) is 31.2 Å². The van der Waals surface area contributed by atoms with E-state index in [2.05, 4.69) is 41.5 Å². The maximum Gasteiger partial charge on any atom is 0.363 e. The summed E-state index contributed by atoms with van der Waals surface area (Å²) in [5.74, 6) is 1.30. The molecule has 0 bridgehead atoms. The minimum absolute atomic E-state index is 0.154. The highest BCUT2D eigenvalue weighted by molar-refractivity contribution is 7.54. The van der Waals surface area contributed by atoms with Gasteiger partial charge in [-0.25, -0.2) is 0 Å². The summed E-state index contributed by atoms with van der Waals surface area (Å²) < 4.78 is 27.6. The number of aliphatic hydroxyl groups excluding tert-OH is 1. The number of hydrogen-bond donors (Lipinski definition) is 1. The largest absolute Gasteiger partial charge is 0.376 e. The molecule has 4 nitrogen and oxygen atoms in total. The number of rotatable bonds is 8. The lowest BCUT2D eigenvalue weighted by molar-refractivity contribution is -0.0153. The van der Waals surface area contributed by atoms with Crippen LogP contribution in [-0.4, -0.2) is 17.3 Å². The second-order valence-electron chi connectivity index (χ2n) is 11.8. The summed E-state index contributed by atoms with van der Waals surface area (Å²) in [6.07, 6.45) is 5.90. The maximum absolute atomic E-state index is 14.6. The standard InChI is InChI=1S/C28H47O4P/c1-18(2)24-14-10-21(6)16-26(24)31-33(30,28(29)23-12-8-20(5)9-13-23)32-27-17-22(7)11-15-25(27)19(3)4/h8-9,12-13,18-19,21-22,24-29H,10-11,14-17H2,1-7H3/t21-,22-,24-,25-,26-,27+,28-,33?/m1/s1. The molecule has 0 amide bonds. The Balaban J connectivity index is 1.94. The maximum atomic E-state index is 14.6. The van der Waals surface area contributed by atoms with Crippen LogP contribution < -0.4 is 0 Å². The molecule has 2 aliphatic carbocycles. The smallest absolute Gasteiger partial charge is 0.363 e. The predicted molar refractivity (Wildman–Crippen MR) is 136 cm³/mol. The Morgan fingerprint density at radius 3 is 1.64 bits per heavy atom. The highest BCUT2D eigenvalue weighted by atomic mass is 31.2. The van der Waals surface area contributed by atoms with E-state index in [0.29, 0.717) is 41.1 Å². The molecule has 2 aliphatic rings. The van der Waals surface area contributed by atoms with E-state index in [0.717, 1.165) is 31.2 Å². The van der Waals surface area contributed by atoms with Crippen molar-refractivity contribution in [3.63, 3.8) is 0 Å². The minimum Gasteiger partial charge on any atom is -0.376 e. The molecule has 0 heterocycles. The van der Waals surface area contributed by atoms with Crippen molar-refractivity contribution in [2.24, 2.45) is 35.5 Å². The van der Waals surface area contributed by atoms with Gasteiger partial charge in [-0.1, -0.05) is 84.2 Å². The molecule has 0 radical (unpaired) electrons. The van der Waals surface area contributed by atoms with Gasteiger partial charge in [0.05, 0.1) is 12.2 Å². The molecule has 0 saturated heterocycles. The molecule has 33 heavy (non-hydrogen) atoms. The molecule has 1 N–H and O–H groups in total. The molecule has 5 heteroatoms. The summed E-state index contributed by atoms with van der Waals surface area (Å²) in [6.45, 7) is 15.4. The average Bonchev–Trinajstić information content (AvgIpc) is 2.73. The van der Waals surface area contributed by atoms with Crippen LogP contribution in [-0.2, 0) is 13.6 Å². The summed E-state index contributed by atoms with van der Waals surface area (Å²) in [6, 6.07) is 7.60. The summed E-state index contributed by atoms with van der Waals surface area (Å²) in [5.41, 5.74) is 1.71.